The minimum absolute atomic E-state index is 0.244. The van der Waals surface area contributed by atoms with Crippen molar-refractivity contribution in [3.63, 3.8) is 0 Å². The van der Waals surface area contributed by atoms with Gasteiger partial charge in [-0.25, -0.2) is 4.39 Å². The molecule has 1 aromatic carbocycles. The first-order valence-corrected chi connectivity index (χ1v) is 6.14. The van der Waals surface area contributed by atoms with Crippen LogP contribution in [0.15, 0.2) is 40.2 Å². The Labute approximate surface area is 100 Å². The van der Waals surface area contributed by atoms with Crippen molar-refractivity contribution in [2.24, 2.45) is 0 Å². The van der Waals surface area contributed by atoms with Gasteiger partial charge in [0.25, 0.3) is 0 Å². The van der Waals surface area contributed by atoms with E-state index in [4.69, 9.17) is 0 Å². The zero-order valence-corrected chi connectivity index (χ0v) is 10.2. The molecule has 0 aliphatic carbocycles. The molecule has 2 rings (SSSR count). The molecular weight excluding hydrogens is 277 g/mol. The van der Waals surface area contributed by atoms with Crippen LogP contribution in [0.3, 0.4) is 0 Å². The maximum absolute atomic E-state index is 13.2. The summed E-state index contributed by atoms with van der Waals surface area (Å²) in [5, 5.41) is 5.19. The third kappa shape index (κ3) is 2.79. The van der Waals surface area contributed by atoms with E-state index in [-0.39, 0.29) is 5.82 Å². The lowest BCUT2D eigenvalue weighted by Gasteiger charge is -2.05. The van der Waals surface area contributed by atoms with E-state index in [0.29, 0.717) is 4.47 Å². The molecule has 1 nitrogen and oxygen atoms in total. The van der Waals surface area contributed by atoms with Gasteiger partial charge in [-0.3, -0.25) is 0 Å². The molecule has 1 aromatic heterocycles. The van der Waals surface area contributed by atoms with E-state index in [2.05, 4.69) is 21.2 Å². The molecule has 2 aromatic rings. The highest BCUT2D eigenvalue weighted by Gasteiger charge is 2.00. The molecule has 0 fully saturated rings. The molecule has 0 saturated carbocycles. The molecule has 0 radical (unpaired) electrons. The van der Waals surface area contributed by atoms with E-state index in [1.54, 1.807) is 17.4 Å². The van der Waals surface area contributed by atoms with E-state index in [9.17, 15) is 4.39 Å². The number of hydrogen-bond donors (Lipinski definition) is 1. The highest BCUT2D eigenvalue weighted by atomic mass is 79.9. The van der Waals surface area contributed by atoms with Gasteiger partial charge in [-0.05, 0) is 45.6 Å². The maximum atomic E-state index is 13.2. The number of anilines is 1. The number of thiophene rings is 1. The molecule has 0 aliphatic rings. The van der Waals surface area contributed by atoms with Crippen molar-refractivity contribution in [2.45, 2.75) is 6.54 Å². The zero-order chi connectivity index (χ0) is 10.7. The maximum Gasteiger partial charge on any atom is 0.139 e. The van der Waals surface area contributed by atoms with Gasteiger partial charge < -0.3 is 5.32 Å². The predicted molar refractivity (Wildman–Crippen MR) is 65.7 cm³/mol. The van der Waals surface area contributed by atoms with Crippen LogP contribution < -0.4 is 5.32 Å². The van der Waals surface area contributed by atoms with Crippen LogP contribution in [0.1, 0.15) is 4.88 Å². The molecule has 1 heterocycles. The Bertz CT molecular complexity index is 442. The molecule has 0 amide bonds. The Kier molecular flexibility index (Phi) is 3.38. The molecule has 0 atom stereocenters. The number of rotatable bonds is 3. The summed E-state index contributed by atoms with van der Waals surface area (Å²) in [6.45, 7) is 0.735. The van der Waals surface area contributed by atoms with Gasteiger partial charge in [0.15, 0.2) is 0 Å². The lowest BCUT2D eigenvalue weighted by Crippen LogP contribution is -1.97. The summed E-state index contributed by atoms with van der Waals surface area (Å²) in [5.41, 5.74) is 0.795. The predicted octanol–water partition coefficient (Wildman–Crippen LogP) is 4.26. The van der Waals surface area contributed by atoms with Crippen LogP contribution >= 0.6 is 27.3 Å². The first kappa shape index (κ1) is 10.6. The van der Waals surface area contributed by atoms with Crippen LogP contribution in [0.4, 0.5) is 10.1 Å². The lowest BCUT2D eigenvalue weighted by molar-refractivity contribution is 0.621. The normalized spacial score (nSPS) is 10.3. The smallest absolute Gasteiger partial charge is 0.139 e. The lowest BCUT2D eigenvalue weighted by atomic mass is 10.3. The van der Waals surface area contributed by atoms with Crippen LogP contribution in [0.25, 0.3) is 0 Å². The molecule has 0 spiro atoms. The van der Waals surface area contributed by atoms with Gasteiger partial charge in [-0.2, -0.15) is 0 Å². The SMILES string of the molecule is Fc1cc(NCc2cccs2)ccc1Br. The molecular formula is C11H9BrFNS. The fraction of sp³-hybridized carbons (Fsp3) is 0.0909. The summed E-state index contributed by atoms with van der Waals surface area (Å²) in [4.78, 5) is 1.23. The van der Waals surface area contributed by atoms with E-state index in [0.717, 1.165) is 12.2 Å². The summed E-state index contributed by atoms with van der Waals surface area (Å²) < 4.78 is 13.7. The van der Waals surface area contributed by atoms with E-state index in [1.807, 2.05) is 23.6 Å². The van der Waals surface area contributed by atoms with Crippen LogP contribution in [-0.4, -0.2) is 0 Å². The number of halogens is 2. The standard InChI is InChI=1S/C11H9BrFNS/c12-10-4-3-8(6-11(10)13)14-7-9-2-1-5-15-9/h1-6,14H,7H2. The summed E-state index contributed by atoms with van der Waals surface area (Å²) in [5.74, 6) is -0.244. The van der Waals surface area contributed by atoms with Gasteiger partial charge in [0.05, 0.1) is 4.47 Å². The highest BCUT2D eigenvalue weighted by Crippen LogP contribution is 2.20. The van der Waals surface area contributed by atoms with Crippen molar-refractivity contribution in [1.82, 2.24) is 0 Å². The summed E-state index contributed by atoms with van der Waals surface area (Å²) in [6.07, 6.45) is 0. The Balaban J connectivity index is 2.02. The second kappa shape index (κ2) is 4.77. The number of nitrogens with one attached hydrogen (secondary N) is 1. The fourth-order valence-corrected chi connectivity index (χ4v) is 2.10. The van der Waals surface area contributed by atoms with Gasteiger partial charge in [0.1, 0.15) is 5.82 Å². The zero-order valence-electron chi connectivity index (χ0n) is 7.84. The largest absolute Gasteiger partial charge is 0.380 e. The van der Waals surface area contributed by atoms with Gasteiger partial charge >= 0.3 is 0 Å². The molecule has 0 aliphatic heterocycles. The monoisotopic (exact) mass is 285 g/mol. The average molecular weight is 286 g/mol. The molecule has 0 saturated heterocycles. The Hall–Kier alpha value is -0.870. The average Bonchev–Trinajstić information content (AvgIpc) is 2.73. The molecule has 0 unspecified atom stereocenters. The fourth-order valence-electron chi connectivity index (χ4n) is 1.21. The second-order valence-electron chi connectivity index (χ2n) is 3.06. The van der Waals surface area contributed by atoms with Crippen molar-refractivity contribution in [2.75, 3.05) is 5.32 Å². The van der Waals surface area contributed by atoms with Crippen LogP contribution in [0.5, 0.6) is 0 Å². The quantitative estimate of drug-likeness (QED) is 0.888. The molecule has 1 N–H and O–H groups in total. The van der Waals surface area contributed by atoms with Crippen molar-refractivity contribution in [3.05, 3.63) is 50.9 Å². The first-order chi connectivity index (χ1) is 7.25. The van der Waals surface area contributed by atoms with Gasteiger partial charge in [-0.1, -0.05) is 6.07 Å². The topological polar surface area (TPSA) is 12.0 Å². The van der Waals surface area contributed by atoms with E-state index >= 15 is 0 Å². The van der Waals surface area contributed by atoms with Crippen LogP contribution in [0.2, 0.25) is 0 Å². The van der Waals surface area contributed by atoms with Gasteiger partial charge in [0.2, 0.25) is 0 Å². The highest BCUT2D eigenvalue weighted by molar-refractivity contribution is 9.10. The number of benzene rings is 1. The summed E-state index contributed by atoms with van der Waals surface area (Å²) >= 11 is 4.80. The Morgan fingerprint density at radius 1 is 1.33 bits per heavy atom. The third-order valence-electron chi connectivity index (χ3n) is 1.97. The molecule has 15 heavy (non-hydrogen) atoms. The van der Waals surface area contributed by atoms with E-state index < -0.39 is 0 Å². The summed E-state index contributed by atoms with van der Waals surface area (Å²) in [7, 11) is 0. The first-order valence-electron chi connectivity index (χ1n) is 4.47. The minimum Gasteiger partial charge on any atom is -0.380 e. The van der Waals surface area contributed by atoms with Crippen molar-refractivity contribution in [3.8, 4) is 0 Å². The number of hydrogen-bond acceptors (Lipinski definition) is 2. The molecule has 4 heteroatoms. The third-order valence-corrected chi connectivity index (χ3v) is 3.49. The van der Waals surface area contributed by atoms with Crippen LogP contribution in [-0.2, 0) is 6.54 Å². The van der Waals surface area contributed by atoms with Gasteiger partial charge in [0, 0.05) is 17.1 Å². The Morgan fingerprint density at radius 2 is 2.20 bits per heavy atom. The Morgan fingerprint density at radius 3 is 2.87 bits per heavy atom. The van der Waals surface area contributed by atoms with Crippen molar-refractivity contribution < 1.29 is 4.39 Å². The van der Waals surface area contributed by atoms with E-state index in [1.165, 1.54) is 10.9 Å². The van der Waals surface area contributed by atoms with Crippen LogP contribution in [0, 0.1) is 5.82 Å². The van der Waals surface area contributed by atoms with Crippen molar-refractivity contribution >= 4 is 33.0 Å². The van der Waals surface area contributed by atoms with Gasteiger partial charge in [-0.15, -0.1) is 11.3 Å². The summed E-state index contributed by atoms with van der Waals surface area (Å²) in [6, 6.07) is 9.08. The minimum atomic E-state index is -0.244. The second-order valence-corrected chi connectivity index (χ2v) is 4.95. The molecule has 78 valence electrons. The molecule has 0 bridgehead atoms. The van der Waals surface area contributed by atoms with Crippen molar-refractivity contribution in [1.29, 1.82) is 0 Å².